The quantitative estimate of drug-likeness (QED) is 0.270. The average Bonchev–Trinajstić information content (AvgIpc) is 2.19. The van der Waals surface area contributed by atoms with Crippen LogP contribution in [0.3, 0.4) is 0 Å². The van der Waals surface area contributed by atoms with Crippen molar-refractivity contribution in [1.29, 1.82) is 0 Å². The van der Waals surface area contributed by atoms with E-state index in [1.807, 2.05) is 0 Å². The Morgan fingerprint density at radius 1 is 0.750 bits per heavy atom. The van der Waals surface area contributed by atoms with Crippen molar-refractivity contribution in [2.24, 2.45) is 17.2 Å². The number of hydrogen-bond donors (Lipinski definition) is 6. The molecular formula is C6H16KN3O6. The molecule has 0 aliphatic heterocycles. The first-order valence-corrected chi connectivity index (χ1v) is 3.57. The van der Waals surface area contributed by atoms with Gasteiger partial charge in [-0.25, -0.2) is 0 Å². The molecule has 0 aromatic heterocycles. The van der Waals surface area contributed by atoms with Gasteiger partial charge in [0.1, 0.15) is 0 Å². The zero-order valence-corrected chi connectivity index (χ0v) is 12.0. The predicted molar refractivity (Wildman–Crippen MR) is 51.2 cm³/mol. The second-order valence-corrected chi connectivity index (χ2v) is 1.79. The Bertz CT molecular complexity index is 173. The topological polar surface area (TPSA) is 190 Å². The average molecular weight is 265 g/mol. The first-order valence-electron chi connectivity index (χ1n) is 3.57. The van der Waals surface area contributed by atoms with Crippen LogP contribution in [-0.2, 0) is 14.4 Å². The van der Waals surface area contributed by atoms with Gasteiger partial charge in [0.15, 0.2) is 0 Å². The van der Waals surface area contributed by atoms with Gasteiger partial charge < -0.3 is 33.9 Å². The van der Waals surface area contributed by atoms with Gasteiger partial charge in [-0.15, -0.1) is 0 Å². The molecule has 0 radical (unpaired) electrons. The number of rotatable bonds is 3. The smallest absolute Gasteiger partial charge is 1.00 e. The number of carboxylic acids is 3. The second-order valence-electron chi connectivity index (χ2n) is 1.79. The van der Waals surface area contributed by atoms with Gasteiger partial charge in [-0.05, 0) is 0 Å². The number of carboxylic acid groups (broad SMARTS) is 3. The van der Waals surface area contributed by atoms with Crippen LogP contribution in [0.25, 0.3) is 0 Å². The number of carbonyl (C=O) groups is 3. The SMILES string of the molecule is NCC(=O)O.NCC(=O)O.NCC(=O)O.[H-].[K+]. The summed E-state index contributed by atoms with van der Waals surface area (Å²) in [4.78, 5) is 27.7. The molecule has 0 unspecified atom stereocenters. The van der Waals surface area contributed by atoms with Crippen LogP contribution in [0.1, 0.15) is 1.43 Å². The molecule has 0 aliphatic rings. The minimum Gasteiger partial charge on any atom is -1.00 e. The molecule has 0 heterocycles. The zero-order chi connectivity index (χ0) is 12.9. The van der Waals surface area contributed by atoms with Crippen LogP contribution in [0.5, 0.6) is 0 Å². The molecule has 16 heavy (non-hydrogen) atoms. The van der Waals surface area contributed by atoms with E-state index in [-0.39, 0.29) is 72.4 Å². The minimum absolute atomic E-state index is 0. The van der Waals surface area contributed by atoms with Crippen LogP contribution in [-0.4, -0.2) is 52.9 Å². The van der Waals surface area contributed by atoms with Gasteiger partial charge in [0.25, 0.3) is 0 Å². The van der Waals surface area contributed by atoms with Gasteiger partial charge in [-0.3, -0.25) is 14.4 Å². The van der Waals surface area contributed by atoms with Crippen molar-refractivity contribution < 1.29 is 82.5 Å². The maximum Gasteiger partial charge on any atom is 1.00 e. The van der Waals surface area contributed by atoms with Crippen molar-refractivity contribution in [1.82, 2.24) is 0 Å². The molecule has 0 aromatic carbocycles. The van der Waals surface area contributed by atoms with E-state index in [0.29, 0.717) is 0 Å². The Hall–Kier alpha value is -0.0736. The Morgan fingerprint density at radius 2 is 0.812 bits per heavy atom. The van der Waals surface area contributed by atoms with Crippen LogP contribution in [0.2, 0.25) is 0 Å². The van der Waals surface area contributed by atoms with Gasteiger partial charge in [0.05, 0.1) is 19.6 Å². The second kappa shape index (κ2) is 20.4. The molecular weight excluding hydrogens is 249 g/mol. The van der Waals surface area contributed by atoms with E-state index in [1.165, 1.54) is 0 Å². The van der Waals surface area contributed by atoms with Gasteiger partial charge in [-0.2, -0.15) is 0 Å². The van der Waals surface area contributed by atoms with E-state index in [9.17, 15) is 14.4 Å². The monoisotopic (exact) mass is 265 g/mol. The van der Waals surface area contributed by atoms with Crippen LogP contribution in [0.15, 0.2) is 0 Å². The third kappa shape index (κ3) is 66.3. The van der Waals surface area contributed by atoms with Gasteiger partial charge >= 0.3 is 69.3 Å². The summed E-state index contributed by atoms with van der Waals surface area (Å²) in [5, 5.41) is 22.8. The number of aliphatic carboxylic acids is 3. The molecule has 0 saturated carbocycles. The van der Waals surface area contributed by atoms with Crippen molar-refractivity contribution in [3.05, 3.63) is 0 Å². The first kappa shape index (κ1) is 24.9. The summed E-state index contributed by atoms with van der Waals surface area (Å²) in [5.41, 5.74) is 13.7. The third-order valence-electron chi connectivity index (χ3n) is 0.524. The van der Waals surface area contributed by atoms with Gasteiger partial charge in [0, 0.05) is 0 Å². The van der Waals surface area contributed by atoms with E-state index in [0.717, 1.165) is 0 Å². The fourth-order valence-electron chi connectivity index (χ4n) is 0. The van der Waals surface area contributed by atoms with E-state index >= 15 is 0 Å². The van der Waals surface area contributed by atoms with Crippen LogP contribution < -0.4 is 68.6 Å². The van der Waals surface area contributed by atoms with Crippen molar-refractivity contribution in [2.45, 2.75) is 0 Å². The van der Waals surface area contributed by atoms with Crippen LogP contribution in [0.4, 0.5) is 0 Å². The molecule has 9 nitrogen and oxygen atoms in total. The molecule has 0 spiro atoms. The number of nitrogens with two attached hydrogens (primary N) is 3. The first-order chi connectivity index (χ1) is 6.81. The Morgan fingerprint density at radius 3 is 0.812 bits per heavy atom. The molecule has 0 bridgehead atoms. The molecule has 0 amide bonds. The normalized spacial score (nSPS) is 6.94. The van der Waals surface area contributed by atoms with Gasteiger partial charge in [0.2, 0.25) is 0 Å². The van der Waals surface area contributed by atoms with E-state index in [4.69, 9.17) is 15.3 Å². The van der Waals surface area contributed by atoms with E-state index in [1.54, 1.807) is 0 Å². The Balaban J connectivity index is -0.0000000400. The summed E-state index contributed by atoms with van der Waals surface area (Å²) in [7, 11) is 0. The Kier molecular flexibility index (Phi) is 31.7. The predicted octanol–water partition coefficient (Wildman–Crippen LogP) is -5.79. The zero-order valence-electron chi connectivity index (χ0n) is 9.92. The minimum atomic E-state index is -0.968. The molecule has 0 saturated heterocycles. The largest absolute Gasteiger partial charge is 1.00 e. The Labute approximate surface area is 136 Å². The summed E-state index contributed by atoms with van der Waals surface area (Å²) in [6, 6.07) is 0. The summed E-state index contributed by atoms with van der Waals surface area (Å²) >= 11 is 0. The molecule has 92 valence electrons. The van der Waals surface area contributed by atoms with Crippen molar-refractivity contribution >= 4 is 17.9 Å². The fourth-order valence-corrected chi connectivity index (χ4v) is 0. The van der Waals surface area contributed by atoms with Crippen molar-refractivity contribution in [3.8, 4) is 0 Å². The molecule has 9 N–H and O–H groups in total. The van der Waals surface area contributed by atoms with Crippen LogP contribution >= 0.6 is 0 Å². The molecule has 0 fully saturated rings. The summed E-state index contributed by atoms with van der Waals surface area (Å²) in [5.74, 6) is -2.90. The summed E-state index contributed by atoms with van der Waals surface area (Å²) in [6.07, 6.45) is 0. The molecule has 0 rings (SSSR count). The summed E-state index contributed by atoms with van der Waals surface area (Å²) < 4.78 is 0. The third-order valence-corrected chi connectivity index (χ3v) is 0.524. The van der Waals surface area contributed by atoms with Crippen molar-refractivity contribution in [2.75, 3.05) is 19.6 Å². The van der Waals surface area contributed by atoms with Crippen LogP contribution in [0, 0.1) is 0 Å². The molecule has 0 aromatic rings. The van der Waals surface area contributed by atoms with E-state index in [2.05, 4.69) is 17.2 Å². The molecule has 0 atom stereocenters. The maximum atomic E-state index is 9.24. The van der Waals surface area contributed by atoms with E-state index < -0.39 is 17.9 Å². The summed E-state index contributed by atoms with van der Waals surface area (Å²) in [6.45, 7) is -0.833. The standard InChI is InChI=1S/3C2H5NO2.K.H/c3*3-1-2(4)5;;/h3*1,3H2,(H,4,5);;/q;;;+1;-1. The molecule has 0 aliphatic carbocycles. The maximum absolute atomic E-state index is 9.24. The fraction of sp³-hybridized carbons (Fsp3) is 0.500. The molecule has 10 heteroatoms. The number of hydrogen-bond acceptors (Lipinski definition) is 6. The van der Waals surface area contributed by atoms with Gasteiger partial charge in [-0.1, -0.05) is 0 Å². The van der Waals surface area contributed by atoms with Crippen molar-refractivity contribution in [3.63, 3.8) is 0 Å².